The minimum absolute atomic E-state index is 0.0156. The van der Waals surface area contributed by atoms with Gasteiger partial charge in [0.15, 0.2) is 5.90 Å². The van der Waals surface area contributed by atoms with Crippen molar-refractivity contribution in [2.24, 2.45) is 10.9 Å². The summed E-state index contributed by atoms with van der Waals surface area (Å²) in [6.07, 6.45) is 29.8. The lowest BCUT2D eigenvalue weighted by Crippen LogP contribution is -2.17. The van der Waals surface area contributed by atoms with Crippen molar-refractivity contribution in [2.45, 2.75) is 168 Å². The van der Waals surface area contributed by atoms with E-state index in [0.29, 0.717) is 0 Å². The van der Waals surface area contributed by atoms with Crippen molar-refractivity contribution in [3.05, 3.63) is 0 Å². The average molecular weight is 436 g/mol. The third kappa shape index (κ3) is 18.7. The van der Waals surface area contributed by atoms with Crippen LogP contribution in [0.2, 0.25) is 0 Å². The summed E-state index contributed by atoms with van der Waals surface area (Å²) in [5, 5.41) is 0. The second-order valence-corrected chi connectivity index (χ2v) is 11.3. The van der Waals surface area contributed by atoms with Gasteiger partial charge in [-0.1, -0.05) is 136 Å². The highest BCUT2D eigenvalue weighted by Crippen LogP contribution is 2.20. The van der Waals surface area contributed by atoms with E-state index in [-0.39, 0.29) is 5.54 Å². The van der Waals surface area contributed by atoms with E-state index in [2.05, 4.69) is 32.7 Å². The van der Waals surface area contributed by atoms with E-state index in [1.807, 2.05) is 0 Å². The fraction of sp³-hybridized carbons (Fsp3) is 0.966. The summed E-state index contributed by atoms with van der Waals surface area (Å²) in [5.41, 5.74) is 0.0156. The lowest BCUT2D eigenvalue weighted by Gasteiger charge is -2.07. The number of unbranched alkanes of at least 4 members (excludes halogenated alkanes) is 18. The molecule has 0 saturated heterocycles. The van der Waals surface area contributed by atoms with Crippen molar-refractivity contribution >= 4 is 5.90 Å². The van der Waals surface area contributed by atoms with Crippen molar-refractivity contribution in [1.82, 2.24) is 0 Å². The van der Waals surface area contributed by atoms with Gasteiger partial charge in [0, 0.05) is 6.42 Å². The normalized spacial score (nSPS) is 15.5. The standard InChI is InChI=1S/C29H57NO/c1-27(2)24-22-20-18-16-14-12-10-8-6-5-7-9-11-13-15-17-19-21-23-25-28-30-29(3,4)26-31-28/h27H,5-26H2,1-4H3. The molecule has 0 aliphatic carbocycles. The van der Waals surface area contributed by atoms with Crippen LogP contribution >= 0.6 is 0 Å². The van der Waals surface area contributed by atoms with Gasteiger partial charge >= 0.3 is 0 Å². The van der Waals surface area contributed by atoms with Crippen LogP contribution in [0.5, 0.6) is 0 Å². The third-order valence-corrected chi connectivity index (χ3v) is 6.69. The van der Waals surface area contributed by atoms with E-state index in [4.69, 9.17) is 4.74 Å². The summed E-state index contributed by atoms with van der Waals surface area (Å²) >= 11 is 0. The Hall–Kier alpha value is -0.530. The van der Waals surface area contributed by atoms with Crippen LogP contribution in [0, 0.1) is 5.92 Å². The Bertz CT molecular complexity index is 426. The van der Waals surface area contributed by atoms with Gasteiger partial charge in [-0.25, -0.2) is 4.99 Å². The fourth-order valence-corrected chi connectivity index (χ4v) is 4.62. The molecule has 184 valence electrons. The highest BCUT2D eigenvalue weighted by Gasteiger charge is 2.25. The summed E-state index contributed by atoms with van der Waals surface area (Å²) in [6.45, 7) is 9.75. The molecule has 0 aromatic heterocycles. The van der Waals surface area contributed by atoms with Crippen LogP contribution in [0.15, 0.2) is 4.99 Å². The lowest BCUT2D eigenvalue weighted by atomic mass is 10.0. The molecule has 0 amide bonds. The van der Waals surface area contributed by atoms with Gasteiger partial charge in [0.2, 0.25) is 0 Å². The molecule has 1 rings (SSSR count). The second kappa shape index (κ2) is 19.0. The molecule has 0 spiro atoms. The number of nitrogens with zero attached hydrogens (tertiary/aromatic N) is 1. The highest BCUT2D eigenvalue weighted by molar-refractivity contribution is 5.78. The molecule has 31 heavy (non-hydrogen) atoms. The molecule has 2 nitrogen and oxygen atoms in total. The van der Waals surface area contributed by atoms with E-state index in [9.17, 15) is 0 Å². The van der Waals surface area contributed by atoms with Crippen LogP contribution in [-0.2, 0) is 4.74 Å². The summed E-state index contributed by atoms with van der Waals surface area (Å²) in [7, 11) is 0. The Balaban J connectivity index is 1.68. The predicted molar refractivity (Wildman–Crippen MR) is 139 cm³/mol. The largest absolute Gasteiger partial charge is 0.478 e. The number of rotatable bonds is 22. The number of hydrogen-bond donors (Lipinski definition) is 0. The van der Waals surface area contributed by atoms with Crippen LogP contribution in [0.3, 0.4) is 0 Å². The molecule has 0 aromatic carbocycles. The molecule has 1 heterocycles. The minimum Gasteiger partial charge on any atom is -0.478 e. The zero-order valence-electron chi connectivity index (χ0n) is 22.0. The Morgan fingerprint density at radius 2 is 0.968 bits per heavy atom. The Morgan fingerprint density at radius 1 is 0.613 bits per heavy atom. The first-order chi connectivity index (χ1) is 15.0. The monoisotopic (exact) mass is 435 g/mol. The van der Waals surface area contributed by atoms with Crippen LogP contribution in [0.1, 0.15) is 163 Å². The lowest BCUT2D eigenvalue weighted by molar-refractivity contribution is 0.273. The van der Waals surface area contributed by atoms with E-state index < -0.39 is 0 Å². The molecule has 0 saturated carbocycles. The minimum atomic E-state index is 0.0156. The maximum Gasteiger partial charge on any atom is 0.183 e. The van der Waals surface area contributed by atoms with Gasteiger partial charge in [-0.2, -0.15) is 0 Å². The Kier molecular flexibility index (Phi) is 17.5. The average Bonchev–Trinajstić information content (AvgIpc) is 3.07. The maximum atomic E-state index is 5.66. The quantitative estimate of drug-likeness (QED) is 0.155. The molecule has 0 aromatic rings. The molecule has 0 bridgehead atoms. The number of ether oxygens (including phenoxy) is 1. The van der Waals surface area contributed by atoms with Crippen molar-refractivity contribution in [3.63, 3.8) is 0 Å². The van der Waals surface area contributed by atoms with Crippen LogP contribution < -0.4 is 0 Å². The molecule has 1 aliphatic rings. The molecule has 0 fully saturated rings. The van der Waals surface area contributed by atoms with Gasteiger partial charge in [-0.3, -0.25) is 0 Å². The first-order valence-corrected chi connectivity index (χ1v) is 14.2. The molecule has 0 unspecified atom stereocenters. The van der Waals surface area contributed by atoms with Gasteiger partial charge in [-0.05, 0) is 26.2 Å². The topological polar surface area (TPSA) is 21.6 Å². The van der Waals surface area contributed by atoms with E-state index in [0.717, 1.165) is 24.8 Å². The van der Waals surface area contributed by atoms with Crippen molar-refractivity contribution in [2.75, 3.05) is 6.61 Å². The molecule has 1 aliphatic heterocycles. The van der Waals surface area contributed by atoms with Crippen molar-refractivity contribution in [3.8, 4) is 0 Å². The zero-order chi connectivity index (χ0) is 22.6. The van der Waals surface area contributed by atoms with E-state index >= 15 is 0 Å². The Labute approximate surface area is 196 Å². The Morgan fingerprint density at radius 3 is 1.29 bits per heavy atom. The molecule has 0 atom stereocenters. The fourth-order valence-electron chi connectivity index (χ4n) is 4.62. The molecular weight excluding hydrogens is 378 g/mol. The van der Waals surface area contributed by atoms with E-state index in [1.165, 1.54) is 128 Å². The predicted octanol–water partition coefficient (Wildman–Crippen LogP) is 10.0. The summed E-state index contributed by atoms with van der Waals surface area (Å²) < 4.78 is 5.66. The van der Waals surface area contributed by atoms with Crippen LogP contribution in [0.25, 0.3) is 0 Å². The number of hydrogen-bond acceptors (Lipinski definition) is 2. The van der Waals surface area contributed by atoms with E-state index in [1.54, 1.807) is 0 Å². The third-order valence-electron chi connectivity index (χ3n) is 6.69. The van der Waals surface area contributed by atoms with Crippen LogP contribution in [0.4, 0.5) is 0 Å². The first-order valence-electron chi connectivity index (χ1n) is 14.2. The first kappa shape index (κ1) is 28.5. The van der Waals surface area contributed by atoms with Crippen molar-refractivity contribution in [1.29, 1.82) is 0 Å². The molecular formula is C29H57NO. The summed E-state index contributed by atoms with van der Waals surface area (Å²) in [6, 6.07) is 0. The van der Waals surface area contributed by atoms with Gasteiger partial charge in [0.1, 0.15) is 6.61 Å². The molecule has 2 heteroatoms. The molecule has 0 radical (unpaired) electrons. The highest BCUT2D eigenvalue weighted by atomic mass is 16.5. The summed E-state index contributed by atoms with van der Waals surface area (Å²) in [4.78, 5) is 4.64. The molecule has 0 N–H and O–H groups in total. The maximum absolute atomic E-state index is 5.66. The van der Waals surface area contributed by atoms with Gasteiger partial charge in [-0.15, -0.1) is 0 Å². The zero-order valence-corrected chi connectivity index (χ0v) is 22.0. The smallest absolute Gasteiger partial charge is 0.183 e. The number of aliphatic imine (C=N–C) groups is 1. The second-order valence-electron chi connectivity index (χ2n) is 11.3. The van der Waals surface area contributed by atoms with Gasteiger partial charge < -0.3 is 4.74 Å². The van der Waals surface area contributed by atoms with Crippen LogP contribution in [-0.4, -0.2) is 18.0 Å². The van der Waals surface area contributed by atoms with Gasteiger partial charge in [0.05, 0.1) is 5.54 Å². The van der Waals surface area contributed by atoms with Crippen molar-refractivity contribution < 1.29 is 4.74 Å². The summed E-state index contributed by atoms with van der Waals surface area (Å²) in [5.74, 6) is 1.89. The SMILES string of the molecule is CC(C)CCCCCCCCCCCCCCCCCCCCCC1=NC(C)(C)CO1. The van der Waals surface area contributed by atoms with Gasteiger partial charge in [0.25, 0.3) is 0 Å².